The summed E-state index contributed by atoms with van der Waals surface area (Å²) >= 11 is 7.61. The molecule has 0 bridgehead atoms. The molecule has 0 saturated carbocycles. The normalized spacial score (nSPS) is 15.0. The molecule has 1 aliphatic rings. The number of carbonyl (C=O) groups is 2. The first-order chi connectivity index (χ1) is 16.4. The predicted octanol–water partition coefficient (Wildman–Crippen LogP) is 4.41. The van der Waals surface area contributed by atoms with Crippen LogP contribution in [0.4, 0.5) is 11.4 Å². The van der Waals surface area contributed by atoms with Gasteiger partial charge in [0.1, 0.15) is 18.0 Å². The van der Waals surface area contributed by atoms with E-state index in [2.05, 4.69) is 10.3 Å². The van der Waals surface area contributed by atoms with Crippen LogP contribution in [0.2, 0.25) is 5.02 Å². The Balaban J connectivity index is 1.59. The van der Waals surface area contributed by atoms with Crippen molar-refractivity contribution in [2.45, 2.75) is 19.4 Å². The van der Waals surface area contributed by atoms with Crippen LogP contribution in [0.15, 0.2) is 41.8 Å². The van der Waals surface area contributed by atoms with Crippen molar-refractivity contribution >= 4 is 46.1 Å². The molecule has 0 spiro atoms. The van der Waals surface area contributed by atoms with Crippen LogP contribution in [-0.2, 0) is 20.7 Å². The number of thiazole rings is 1. The lowest BCUT2D eigenvalue weighted by atomic mass is 10.1. The number of carbonyl (C=O) groups excluding carboxylic acids is 2. The summed E-state index contributed by atoms with van der Waals surface area (Å²) in [6.45, 7) is 2.05. The first kappa shape index (κ1) is 24.0. The van der Waals surface area contributed by atoms with Gasteiger partial charge in [-0.25, -0.2) is 4.98 Å². The SMILES string of the molecule is COCCc1nc(-c2ccc3c(c2)N(CC(=O)Nc2cc(Cl)ccc2OC)C(=O)C(C)O3)cs1. The van der Waals surface area contributed by atoms with E-state index in [1.54, 1.807) is 49.6 Å². The zero-order valence-electron chi connectivity index (χ0n) is 19.0. The second-order valence-corrected chi connectivity index (χ2v) is 9.01. The standard InChI is InChI=1S/C24H24ClN3O5S/c1-14-24(30)28(12-22(29)26-17-11-16(25)5-7-20(17)32-3)19-10-15(4-6-21(19)33-14)18-13-34-23(27-18)8-9-31-2/h4-7,10-11,13-14H,8-9,12H2,1-3H3,(H,26,29). The van der Waals surface area contributed by atoms with E-state index >= 15 is 0 Å². The van der Waals surface area contributed by atoms with Crippen LogP contribution in [-0.4, -0.2) is 50.3 Å². The molecule has 1 atom stereocenters. The Morgan fingerprint density at radius 3 is 2.85 bits per heavy atom. The molecular weight excluding hydrogens is 478 g/mol. The van der Waals surface area contributed by atoms with Gasteiger partial charge in [0, 0.05) is 29.5 Å². The third-order valence-electron chi connectivity index (χ3n) is 5.27. The fraction of sp³-hybridized carbons (Fsp3) is 0.292. The number of benzene rings is 2. The number of anilines is 2. The molecule has 1 aliphatic heterocycles. The van der Waals surface area contributed by atoms with Crippen LogP contribution >= 0.6 is 22.9 Å². The number of nitrogens with one attached hydrogen (secondary N) is 1. The molecule has 2 aromatic carbocycles. The second kappa shape index (κ2) is 10.4. The first-order valence-electron chi connectivity index (χ1n) is 10.6. The van der Waals surface area contributed by atoms with Crippen LogP contribution in [0.5, 0.6) is 11.5 Å². The number of hydrogen-bond acceptors (Lipinski definition) is 7. The molecule has 2 amide bonds. The summed E-state index contributed by atoms with van der Waals surface area (Å²) in [5.74, 6) is 0.292. The Morgan fingerprint density at radius 1 is 1.26 bits per heavy atom. The van der Waals surface area contributed by atoms with Crippen molar-refractivity contribution in [3.63, 3.8) is 0 Å². The van der Waals surface area contributed by atoms with Crippen molar-refractivity contribution < 1.29 is 23.8 Å². The summed E-state index contributed by atoms with van der Waals surface area (Å²) in [6, 6.07) is 10.4. The van der Waals surface area contributed by atoms with Crippen LogP contribution in [0.1, 0.15) is 11.9 Å². The summed E-state index contributed by atoms with van der Waals surface area (Å²) in [7, 11) is 3.16. The molecule has 0 radical (unpaired) electrons. The number of methoxy groups -OCH3 is 2. The number of amides is 2. The van der Waals surface area contributed by atoms with Gasteiger partial charge in [0.05, 0.1) is 35.8 Å². The molecule has 0 aliphatic carbocycles. The monoisotopic (exact) mass is 501 g/mol. The van der Waals surface area contributed by atoms with Gasteiger partial charge in [-0.05, 0) is 43.3 Å². The molecule has 2 heterocycles. The van der Waals surface area contributed by atoms with Gasteiger partial charge < -0.3 is 19.5 Å². The number of nitrogens with zero attached hydrogens (tertiary/aromatic N) is 2. The molecule has 0 fully saturated rings. The number of halogens is 1. The molecule has 8 nitrogen and oxygen atoms in total. The summed E-state index contributed by atoms with van der Waals surface area (Å²) in [4.78, 5) is 32.0. The van der Waals surface area contributed by atoms with Crippen molar-refractivity contribution in [2.75, 3.05) is 37.6 Å². The lowest BCUT2D eigenvalue weighted by Crippen LogP contribution is -2.47. The zero-order valence-corrected chi connectivity index (χ0v) is 20.5. The molecule has 1 unspecified atom stereocenters. The van der Waals surface area contributed by atoms with E-state index < -0.39 is 12.0 Å². The quantitative estimate of drug-likeness (QED) is 0.491. The minimum atomic E-state index is -0.716. The van der Waals surface area contributed by atoms with Gasteiger partial charge in [0.2, 0.25) is 5.91 Å². The van der Waals surface area contributed by atoms with Crippen molar-refractivity contribution in [1.82, 2.24) is 4.98 Å². The van der Waals surface area contributed by atoms with Crippen LogP contribution in [0.3, 0.4) is 0 Å². The van der Waals surface area contributed by atoms with Crippen molar-refractivity contribution in [3.8, 4) is 22.8 Å². The van der Waals surface area contributed by atoms with Crippen molar-refractivity contribution in [3.05, 3.63) is 51.8 Å². The summed E-state index contributed by atoms with van der Waals surface area (Å²) in [5.41, 5.74) is 2.55. The van der Waals surface area contributed by atoms with E-state index in [0.717, 1.165) is 22.7 Å². The molecule has 1 aromatic heterocycles. The van der Waals surface area contributed by atoms with Crippen LogP contribution in [0, 0.1) is 0 Å². The molecular formula is C24H24ClN3O5S. The highest BCUT2D eigenvalue weighted by atomic mass is 35.5. The van der Waals surface area contributed by atoms with E-state index in [-0.39, 0.29) is 12.5 Å². The van der Waals surface area contributed by atoms with Crippen molar-refractivity contribution in [1.29, 1.82) is 0 Å². The third-order valence-corrected chi connectivity index (χ3v) is 6.42. The zero-order chi connectivity index (χ0) is 24.2. The lowest BCUT2D eigenvalue weighted by Gasteiger charge is -2.33. The van der Waals surface area contributed by atoms with E-state index in [1.165, 1.54) is 12.0 Å². The second-order valence-electron chi connectivity index (χ2n) is 7.63. The number of rotatable bonds is 8. The Morgan fingerprint density at radius 2 is 2.09 bits per heavy atom. The van der Waals surface area contributed by atoms with E-state index in [9.17, 15) is 9.59 Å². The number of hydrogen-bond donors (Lipinski definition) is 1. The minimum absolute atomic E-state index is 0.200. The molecule has 1 N–H and O–H groups in total. The number of ether oxygens (including phenoxy) is 3. The average molecular weight is 502 g/mol. The van der Waals surface area contributed by atoms with Gasteiger partial charge in [-0.15, -0.1) is 11.3 Å². The Bertz CT molecular complexity index is 1220. The lowest BCUT2D eigenvalue weighted by molar-refractivity contribution is -0.127. The number of fused-ring (bicyclic) bond motifs is 1. The van der Waals surface area contributed by atoms with Gasteiger partial charge >= 0.3 is 0 Å². The molecule has 34 heavy (non-hydrogen) atoms. The first-order valence-corrected chi connectivity index (χ1v) is 11.8. The fourth-order valence-corrected chi connectivity index (χ4v) is 4.55. The highest BCUT2D eigenvalue weighted by Crippen LogP contribution is 2.38. The topological polar surface area (TPSA) is 90.0 Å². The third kappa shape index (κ3) is 5.16. The average Bonchev–Trinajstić information content (AvgIpc) is 3.29. The summed E-state index contributed by atoms with van der Waals surface area (Å²) in [5, 5.41) is 6.16. The predicted molar refractivity (Wildman–Crippen MR) is 132 cm³/mol. The van der Waals surface area contributed by atoms with Crippen LogP contribution in [0.25, 0.3) is 11.3 Å². The molecule has 178 valence electrons. The van der Waals surface area contributed by atoms with E-state index in [1.807, 2.05) is 17.5 Å². The molecule has 10 heteroatoms. The van der Waals surface area contributed by atoms with Crippen molar-refractivity contribution in [2.24, 2.45) is 0 Å². The molecule has 0 saturated heterocycles. The smallest absolute Gasteiger partial charge is 0.268 e. The molecule has 3 aromatic rings. The van der Waals surface area contributed by atoms with E-state index in [4.69, 9.17) is 25.8 Å². The number of aromatic nitrogens is 1. The minimum Gasteiger partial charge on any atom is -0.495 e. The Labute approximate surface area is 206 Å². The van der Waals surface area contributed by atoms with Gasteiger partial charge in [0.25, 0.3) is 5.91 Å². The van der Waals surface area contributed by atoms with Gasteiger partial charge in [-0.2, -0.15) is 0 Å². The summed E-state index contributed by atoms with van der Waals surface area (Å²) < 4.78 is 16.2. The maximum atomic E-state index is 13.0. The summed E-state index contributed by atoms with van der Waals surface area (Å²) in [6.07, 6.45) is 0.0107. The maximum absolute atomic E-state index is 13.0. The largest absolute Gasteiger partial charge is 0.495 e. The maximum Gasteiger partial charge on any atom is 0.268 e. The van der Waals surface area contributed by atoms with Gasteiger partial charge in [-0.3, -0.25) is 14.5 Å². The fourth-order valence-electron chi connectivity index (χ4n) is 3.59. The Hall–Kier alpha value is -3.14. The highest BCUT2D eigenvalue weighted by Gasteiger charge is 2.33. The van der Waals surface area contributed by atoms with E-state index in [0.29, 0.717) is 34.5 Å². The highest BCUT2D eigenvalue weighted by molar-refractivity contribution is 7.09. The Kier molecular flexibility index (Phi) is 7.35. The van der Waals surface area contributed by atoms with Gasteiger partial charge in [0.15, 0.2) is 6.10 Å². The van der Waals surface area contributed by atoms with Gasteiger partial charge in [-0.1, -0.05) is 11.6 Å². The van der Waals surface area contributed by atoms with Crippen LogP contribution < -0.4 is 19.7 Å². The molecule has 4 rings (SSSR count).